The summed E-state index contributed by atoms with van der Waals surface area (Å²) in [6, 6.07) is 22.2. The Morgan fingerprint density at radius 3 is 2.35 bits per heavy atom. The molecule has 0 fully saturated rings. The summed E-state index contributed by atoms with van der Waals surface area (Å²) in [7, 11) is 0. The minimum absolute atomic E-state index is 0.169. The number of hydrogen-bond acceptors (Lipinski definition) is 4. The van der Waals surface area contributed by atoms with E-state index in [9.17, 15) is 9.90 Å². The van der Waals surface area contributed by atoms with Gasteiger partial charge in [-0.3, -0.25) is 4.98 Å². The number of carboxylic acid groups (broad SMARTS) is 1. The number of carbonyl (C=O) groups is 1. The minimum atomic E-state index is -1.02. The number of carboxylic acids is 1. The predicted molar refractivity (Wildman–Crippen MR) is 147 cm³/mol. The van der Waals surface area contributed by atoms with E-state index < -0.39 is 5.97 Å². The topological polar surface area (TPSA) is 68.7 Å². The summed E-state index contributed by atoms with van der Waals surface area (Å²) in [5.74, 6) is 0.297. The Balaban J connectivity index is 1.52. The highest BCUT2D eigenvalue weighted by Crippen LogP contribution is 2.33. The third-order valence-electron chi connectivity index (χ3n) is 5.90. The van der Waals surface area contributed by atoms with Crippen LogP contribution in [-0.4, -0.2) is 22.7 Å². The first-order chi connectivity index (χ1) is 17.8. The molecule has 0 aliphatic carbocycles. The lowest BCUT2D eigenvalue weighted by molar-refractivity contribution is 0.0695. The lowest BCUT2D eigenvalue weighted by atomic mass is 10.0. The third kappa shape index (κ3) is 6.82. The molecule has 1 heterocycles. The summed E-state index contributed by atoms with van der Waals surface area (Å²) >= 11 is 12.5. The summed E-state index contributed by atoms with van der Waals surface area (Å²) in [5, 5.41) is 11.0. The van der Waals surface area contributed by atoms with Crippen molar-refractivity contribution in [1.82, 2.24) is 4.98 Å². The van der Waals surface area contributed by atoms with E-state index in [0.717, 1.165) is 33.0 Å². The Bertz CT molecular complexity index is 1380. The molecule has 0 saturated carbocycles. The van der Waals surface area contributed by atoms with Gasteiger partial charge in [0, 0.05) is 15.6 Å². The zero-order valence-electron chi connectivity index (χ0n) is 20.6. The number of aromatic nitrogens is 1. The van der Waals surface area contributed by atoms with Gasteiger partial charge >= 0.3 is 5.97 Å². The van der Waals surface area contributed by atoms with Gasteiger partial charge in [0.25, 0.3) is 0 Å². The van der Waals surface area contributed by atoms with Gasteiger partial charge in [0.15, 0.2) is 0 Å². The average molecular weight is 536 g/mol. The monoisotopic (exact) mass is 535 g/mol. The van der Waals surface area contributed by atoms with Crippen molar-refractivity contribution in [3.8, 4) is 22.8 Å². The highest BCUT2D eigenvalue weighted by Gasteiger charge is 2.16. The summed E-state index contributed by atoms with van der Waals surface area (Å²) in [6.07, 6.45) is 1.03. The van der Waals surface area contributed by atoms with Crippen molar-refractivity contribution < 1.29 is 19.4 Å². The van der Waals surface area contributed by atoms with Crippen molar-refractivity contribution in [3.05, 3.63) is 111 Å². The van der Waals surface area contributed by atoms with E-state index in [2.05, 4.69) is 0 Å². The first-order valence-electron chi connectivity index (χ1n) is 11.9. The molecule has 37 heavy (non-hydrogen) atoms. The van der Waals surface area contributed by atoms with Gasteiger partial charge in [-0.1, -0.05) is 53.5 Å². The summed E-state index contributed by atoms with van der Waals surface area (Å²) in [6.45, 7) is 4.66. The van der Waals surface area contributed by atoms with Crippen molar-refractivity contribution in [1.29, 1.82) is 0 Å². The van der Waals surface area contributed by atoms with Crippen LogP contribution in [0.15, 0.2) is 72.8 Å². The van der Waals surface area contributed by atoms with Crippen LogP contribution in [-0.2, 0) is 13.0 Å². The van der Waals surface area contributed by atoms with Gasteiger partial charge in [0.05, 0.1) is 23.6 Å². The molecule has 0 aliphatic rings. The fourth-order valence-electron chi connectivity index (χ4n) is 4.02. The van der Waals surface area contributed by atoms with E-state index in [1.807, 2.05) is 62.4 Å². The second-order valence-electron chi connectivity index (χ2n) is 8.73. The largest absolute Gasteiger partial charge is 0.494 e. The molecule has 0 spiro atoms. The Kier molecular flexibility index (Phi) is 8.70. The molecule has 0 bridgehead atoms. The zero-order valence-corrected chi connectivity index (χ0v) is 22.1. The molecule has 0 aliphatic heterocycles. The molecule has 0 radical (unpaired) electrons. The van der Waals surface area contributed by atoms with Crippen LogP contribution >= 0.6 is 23.2 Å². The smallest absolute Gasteiger partial charge is 0.337 e. The highest BCUT2D eigenvalue weighted by molar-refractivity contribution is 6.32. The molecular weight excluding hydrogens is 509 g/mol. The number of nitrogens with zero attached hydrogens (tertiary/aromatic N) is 1. The fourth-order valence-corrected chi connectivity index (χ4v) is 4.29. The second kappa shape index (κ2) is 12.1. The normalized spacial score (nSPS) is 10.8. The second-order valence-corrected chi connectivity index (χ2v) is 9.55. The standard InChI is InChI=1S/C30H27Cl2NO4/c1-19-15-23(16-20(2)29(19)32)36-14-6-9-26-25(30(34)35)12-13-27(33-26)24-11-10-22(31)17-28(24)37-18-21-7-4-3-5-8-21/h3-5,7-8,10-13,15-17H,6,9,14,18H2,1-2H3,(H,34,35). The Labute approximate surface area is 226 Å². The van der Waals surface area contributed by atoms with Crippen molar-refractivity contribution >= 4 is 29.2 Å². The molecular formula is C30H27Cl2NO4. The van der Waals surface area contributed by atoms with Crippen LogP contribution in [0.3, 0.4) is 0 Å². The van der Waals surface area contributed by atoms with Gasteiger partial charge in [-0.05, 0) is 85.8 Å². The number of pyridine rings is 1. The molecule has 190 valence electrons. The number of ether oxygens (including phenoxy) is 2. The van der Waals surface area contributed by atoms with Gasteiger partial charge in [0.2, 0.25) is 0 Å². The van der Waals surface area contributed by atoms with E-state index in [4.69, 9.17) is 37.7 Å². The van der Waals surface area contributed by atoms with Gasteiger partial charge < -0.3 is 14.6 Å². The molecule has 3 aromatic carbocycles. The lowest BCUT2D eigenvalue weighted by Crippen LogP contribution is -2.08. The van der Waals surface area contributed by atoms with Crippen LogP contribution in [0.25, 0.3) is 11.3 Å². The van der Waals surface area contributed by atoms with Crippen molar-refractivity contribution in [2.24, 2.45) is 0 Å². The number of hydrogen-bond donors (Lipinski definition) is 1. The van der Waals surface area contributed by atoms with Crippen LogP contribution < -0.4 is 9.47 Å². The van der Waals surface area contributed by atoms with Crippen LogP contribution in [0.5, 0.6) is 11.5 Å². The average Bonchev–Trinajstić information content (AvgIpc) is 2.89. The number of rotatable bonds is 10. The molecule has 0 saturated heterocycles. The molecule has 5 nitrogen and oxygen atoms in total. The Morgan fingerprint density at radius 1 is 0.919 bits per heavy atom. The van der Waals surface area contributed by atoms with E-state index >= 15 is 0 Å². The van der Waals surface area contributed by atoms with Crippen LogP contribution in [0.2, 0.25) is 10.0 Å². The Morgan fingerprint density at radius 2 is 1.65 bits per heavy atom. The molecule has 7 heteroatoms. The first kappa shape index (κ1) is 26.5. The lowest BCUT2D eigenvalue weighted by Gasteiger charge is -2.14. The number of aromatic carboxylic acids is 1. The maximum absolute atomic E-state index is 11.9. The van der Waals surface area contributed by atoms with Gasteiger partial charge in [-0.25, -0.2) is 4.79 Å². The SMILES string of the molecule is Cc1cc(OCCCc2nc(-c3ccc(Cl)cc3OCc3ccccc3)ccc2C(=O)O)cc(C)c1Cl. The van der Waals surface area contributed by atoms with Gasteiger partial charge in [-0.15, -0.1) is 0 Å². The predicted octanol–water partition coefficient (Wildman–Crippen LogP) is 7.96. The minimum Gasteiger partial charge on any atom is -0.494 e. The van der Waals surface area contributed by atoms with Crippen LogP contribution in [0.4, 0.5) is 0 Å². The maximum Gasteiger partial charge on any atom is 0.337 e. The first-order valence-corrected chi connectivity index (χ1v) is 12.7. The highest BCUT2D eigenvalue weighted by atomic mass is 35.5. The quantitative estimate of drug-likeness (QED) is 0.208. The van der Waals surface area contributed by atoms with Crippen molar-refractivity contribution in [3.63, 3.8) is 0 Å². The number of benzene rings is 3. The van der Waals surface area contributed by atoms with E-state index in [-0.39, 0.29) is 5.56 Å². The molecule has 4 rings (SSSR count). The summed E-state index contributed by atoms with van der Waals surface area (Å²) in [4.78, 5) is 16.6. The molecule has 0 amide bonds. The molecule has 0 atom stereocenters. The van der Waals surface area contributed by atoms with Crippen LogP contribution in [0.1, 0.15) is 39.2 Å². The van der Waals surface area contributed by atoms with Gasteiger partial charge in [-0.2, -0.15) is 0 Å². The van der Waals surface area contributed by atoms with E-state index in [1.54, 1.807) is 24.3 Å². The maximum atomic E-state index is 11.9. The van der Waals surface area contributed by atoms with Crippen molar-refractivity contribution in [2.75, 3.05) is 6.61 Å². The van der Waals surface area contributed by atoms with Crippen LogP contribution in [0, 0.1) is 13.8 Å². The Hall–Kier alpha value is -3.54. The molecule has 4 aromatic rings. The molecule has 0 unspecified atom stereocenters. The third-order valence-corrected chi connectivity index (χ3v) is 6.73. The number of halogens is 2. The fraction of sp³-hybridized carbons (Fsp3) is 0.200. The van der Waals surface area contributed by atoms with E-state index in [1.165, 1.54) is 0 Å². The zero-order chi connectivity index (χ0) is 26.4. The van der Waals surface area contributed by atoms with Crippen molar-refractivity contribution in [2.45, 2.75) is 33.3 Å². The summed E-state index contributed by atoms with van der Waals surface area (Å²) < 4.78 is 12.0. The molecule has 1 N–H and O–H groups in total. The summed E-state index contributed by atoms with van der Waals surface area (Å²) in [5.41, 5.74) is 4.93. The van der Waals surface area contributed by atoms with Gasteiger partial charge in [0.1, 0.15) is 18.1 Å². The molecule has 1 aromatic heterocycles. The van der Waals surface area contributed by atoms with E-state index in [0.29, 0.717) is 48.2 Å². The number of aryl methyl sites for hydroxylation is 3.